The lowest BCUT2D eigenvalue weighted by Crippen LogP contribution is -2.45. The Kier molecular flexibility index (Phi) is 6.26. The van der Waals surface area contributed by atoms with Gasteiger partial charge < -0.3 is 10.2 Å². The Labute approximate surface area is 172 Å². The quantitative estimate of drug-likeness (QED) is 0.753. The number of aryl methyl sites for hydroxylation is 1. The van der Waals surface area contributed by atoms with Crippen LogP contribution in [0, 0.1) is 18.3 Å². The second kappa shape index (κ2) is 8.67. The SMILES string of the molecule is CCC(C)N1C(=O)C[C@H](Nc2ccc(C#N)c(Cl)c2)C1Cc1ccccc1C. The first-order chi connectivity index (χ1) is 13.4. The fourth-order valence-corrected chi connectivity index (χ4v) is 4.16. The van der Waals surface area contributed by atoms with E-state index in [1.807, 2.05) is 12.1 Å². The van der Waals surface area contributed by atoms with Gasteiger partial charge in [-0.2, -0.15) is 5.26 Å². The molecule has 0 radical (unpaired) electrons. The summed E-state index contributed by atoms with van der Waals surface area (Å²) in [7, 11) is 0. The van der Waals surface area contributed by atoms with Gasteiger partial charge in [0.15, 0.2) is 0 Å². The maximum absolute atomic E-state index is 12.8. The zero-order valence-corrected chi connectivity index (χ0v) is 17.3. The molecule has 0 bridgehead atoms. The van der Waals surface area contributed by atoms with Crippen LogP contribution in [0.25, 0.3) is 0 Å². The number of carbonyl (C=O) groups excluding carboxylic acids is 1. The molecule has 1 N–H and O–H groups in total. The summed E-state index contributed by atoms with van der Waals surface area (Å²) in [6, 6.07) is 16.0. The molecule has 146 valence electrons. The lowest BCUT2D eigenvalue weighted by molar-refractivity contribution is -0.130. The molecule has 1 aliphatic rings. The van der Waals surface area contributed by atoms with Gasteiger partial charge in [0.05, 0.1) is 22.7 Å². The van der Waals surface area contributed by atoms with Gasteiger partial charge in [-0.1, -0.05) is 42.8 Å². The smallest absolute Gasteiger partial charge is 0.225 e. The van der Waals surface area contributed by atoms with Crippen LogP contribution < -0.4 is 5.32 Å². The first kappa shape index (κ1) is 20.2. The summed E-state index contributed by atoms with van der Waals surface area (Å²) in [4.78, 5) is 14.9. The van der Waals surface area contributed by atoms with Crippen molar-refractivity contribution in [2.24, 2.45) is 0 Å². The van der Waals surface area contributed by atoms with Gasteiger partial charge in [0.2, 0.25) is 5.91 Å². The number of nitriles is 1. The number of carbonyl (C=O) groups is 1. The zero-order valence-electron chi connectivity index (χ0n) is 16.6. The summed E-state index contributed by atoms with van der Waals surface area (Å²) in [5, 5.41) is 13.0. The number of benzene rings is 2. The predicted octanol–water partition coefficient (Wildman–Crippen LogP) is 4.94. The van der Waals surface area contributed by atoms with E-state index in [2.05, 4.69) is 55.3 Å². The van der Waals surface area contributed by atoms with E-state index in [1.165, 1.54) is 11.1 Å². The Balaban J connectivity index is 1.89. The molecule has 2 aromatic rings. The van der Waals surface area contributed by atoms with Crippen LogP contribution in [0.4, 0.5) is 5.69 Å². The zero-order chi connectivity index (χ0) is 20.3. The van der Waals surface area contributed by atoms with Crippen LogP contribution in [-0.2, 0) is 11.2 Å². The number of nitrogens with zero attached hydrogens (tertiary/aromatic N) is 2. The van der Waals surface area contributed by atoms with Gasteiger partial charge in [0.25, 0.3) is 0 Å². The highest BCUT2D eigenvalue weighted by Gasteiger charge is 2.41. The van der Waals surface area contributed by atoms with Crippen molar-refractivity contribution in [2.75, 3.05) is 5.32 Å². The van der Waals surface area contributed by atoms with E-state index in [1.54, 1.807) is 12.1 Å². The molecule has 1 aliphatic heterocycles. The lowest BCUT2D eigenvalue weighted by atomic mass is 9.96. The first-order valence-electron chi connectivity index (χ1n) is 9.76. The Morgan fingerprint density at radius 1 is 1.32 bits per heavy atom. The molecule has 0 spiro atoms. The molecule has 2 unspecified atom stereocenters. The summed E-state index contributed by atoms with van der Waals surface area (Å²) in [5.41, 5.74) is 3.79. The molecule has 1 fully saturated rings. The molecule has 28 heavy (non-hydrogen) atoms. The third-order valence-electron chi connectivity index (χ3n) is 5.70. The Bertz CT molecular complexity index is 905. The second-order valence-electron chi connectivity index (χ2n) is 7.52. The van der Waals surface area contributed by atoms with Crippen LogP contribution in [0.1, 0.15) is 43.4 Å². The summed E-state index contributed by atoms with van der Waals surface area (Å²) >= 11 is 6.19. The van der Waals surface area contributed by atoms with Gasteiger partial charge in [-0.25, -0.2) is 0 Å². The fourth-order valence-electron chi connectivity index (χ4n) is 3.94. The monoisotopic (exact) mass is 395 g/mol. The third-order valence-corrected chi connectivity index (χ3v) is 6.01. The van der Waals surface area contributed by atoms with Crippen LogP contribution >= 0.6 is 11.6 Å². The highest BCUT2D eigenvalue weighted by molar-refractivity contribution is 6.32. The highest BCUT2D eigenvalue weighted by atomic mass is 35.5. The fraction of sp³-hybridized carbons (Fsp3) is 0.391. The number of amides is 1. The molecule has 1 amide bonds. The van der Waals surface area contributed by atoms with E-state index in [4.69, 9.17) is 16.9 Å². The molecule has 3 rings (SSSR count). The maximum Gasteiger partial charge on any atom is 0.225 e. The van der Waals surface area contributed by atoms with E-state index in [0.29, 0.717) is 17.0 Å². The Hall–Kier alpha value is -2.51. The Morgan fingerprint density at radius 2 is 2.07 bits per heavy atom. The van der Waals surface area contributed by atoms with Crippen molar-refractivity contribution in [3.05, 3.63) is 64.2 Å². The summed E-state index contributed by atoms with van der Waals surface area (Å²) in [6.45, 7) is 6.34. The normalized spacial score (nSPS) is 20.1. The minimum Gasteiger partial charge on any atom is -0.380 e. The second-order valence-corrected chi connectivity index (χ2v) is 7.92. The molecule has 0 saturated carbocycles. The van der Waals surface area contributed by atoms with Crippen molar-refractivity contribution in [3.8, 4) is 6.07 Å². The van der Waals surface area contributed by atoms with Gasteiger partial charge in [-0.3, -0.25) is 4.79 Å². The van der Waals surface area contributed by atoms with Gasteiger partial charge in [-0.15, -0.1) is 0 Å². The largest absolute Gasteiger partial charge is 0.380 e. The van der Waals surface area contributed by atoms with Gasteiger partial charge in [0.1, 0.15) is 6.07 Å². The summed E-state index contributed by atoms with van der Waals surface area (Å²) in [6.07, 6.45) is 2.19. The number of hydrogen-bond acceptors (Lipinski definition) is 3. The maximum atomic E-state index is 12.8. The Morgan fingerprint density at radius 3 is 2.71 bits per heavy atom. The number of halogens is 1. The van der Waals surface area contributed by atoms with E-state index in [0.717, 1.165) is 18.5 Å². The summed E-state index contributed by atoms with van der Waals surface area (Å²) in [5.74, 6) is 0.185. The molecule has 4 nitrogen and oxygen atoms in total. The molecule has 3 atom stereocenters. The average molecular weight is 396 g/mol. The van der Waals surface area contributed by atoms with Crippen LogP contribution in [0.3, 0.4) is 0 Å². The van der Waals surface area contributed by atoms with Crippen LogP contribution in [0.2, 0.25) is 5.02 Å². The van der Waals surface area contributed by atoms with E-state index >= 15 is 0 Å². The number of likely N-dealkylation sites (tertiary alicyclic amines) is 1. The molecule has 1 saturated heterocycles. The van der Waals surface area contributed by atoms with Crippen molar-refractivity contribution in [1.82, 2.24) is 4.90 Å². The molecule has 0 aromatic heterocycles. The van der Waals surface area contributed by atoms with Gasteiger partial charge in [0, 0.05) is 18.2 Å². The minimum absolute atomic E-state index is 0.00916. The van der Waals surface area contributed by atoms with Crippen molar-refractivity contribution >= 4 is 23.2 Å². The molecule has 0 aliphatic carbocycles. The molecule has 2 aromatic carbocycles. The van der Waals surface area contributed by atoms with Crippen molar-refractivity contribution in [1.29, 1.82) is 5.26 Å². The minimum atomic E-state index is -0.00916. The van der Waals surface area contributed by atoms with Crippen LogP contribution in [0.5, 0.6) is 0 Å². The van der Waals surface area contributed by atoms with Crippen molar-refractivity contribution < 1.29 is 4.79 Å². The predicted molar refractivity (Wildman–Crippen MR) is 113 cm³/mol. The van der Waals surface area contributed by atoms with Crippen LogP contribution in [-0.4, -0.2) is 28.9 Å². The lowest BCUT2D eigenvalue weighted by Gasteiger charge is -2.33. The van der Waals surface area contributed by atoms with E-state index in [-0.39, 0.29) is 24.0 Å². The number of anilines is 1. The number of rotatable bonds is 6. The van der Waals surface area contributed by atoms with E-state index < -0.39 is 0 Å². The number of hydrogen-bond donors (Lipinski definition) is 1. The van der Waals surface area contributed by atoms with Crippen molar-refractivity contribution in [3.63, 3.8) is 0 Å². The van der Waals surface area contributed by atoms with E-state index in [9.17, 15) is 4.79 Å². The van der Waals surface area contributed by atoms with Crippen molar-refractivity contribution in [2.45, 2.75) is 58.2 Å². The molecular weight excluding hydrogens is 370 g/mol. The highest BCUT2D eigenvalue weighted by Crippen LogP contribution is 2.30. The first-order valence-corrected chi connectivity index (χ1v) is 10.1. The standard InChI is InChI=1S/C23H26ClN3O/c1-4-16(3)27-22(11-17-8-6-5-7-15(17)2)21(13-23(27)28)26-19-10-9-18(14-25)20(24)12-19/h5-10,12,16,21-22,26H,4,11,13H2,1-3H3/t16?,21-,22?/m0/s1. The van der Waals surface area contributed by atoms with Crippen LogP contribution in [0.15, 0.2) is 42.5 Å². The molecular formula is C23H26ClN3O. The average Bonchev–Trinajstić information content (AvgIpc) is 2.98. The molecule has 1 heterocycles. The topological polar surface area (TPSA) is 56.1 Å². The summed E-state index contributed by atoms with van der Waals surface area (Å²) < 4.78 is 0. The molecule has 5 heteroatoms. The third kappa shape index (κ3) is 4.15. The number of nitrogens with one attached hydrogen (secondary N) is 1. The van der Waals surface area contributed by atoms with Gasteiger partial charge >= 0.3 is 0 Å². The van der Waals surface area contributed by atoms with Gasteiger partial charge in [-0.05, 0) is 56.0 Å².